The van der Waals surface area contributed by atoms with Crippen LogP contribution in [0.1, 0.15) is 73.7 Å². The quantitative estimate of drug-likeness (QED) is 0.0618. The van der Waals surface area contributed by atoms with Crippen LogP contribution in [0.3, 0.4) is 0 Å². The molecule has 5 heterocycles. The van der Waals surface area contributed by atoms with Crippen LogP contribution in [0.5, 0.6) is 5.75 Å². The molecule has 308 valence electrons. The molecule has 1 atom stereocenters. The maximum absolute atomic E-state index is 13.1. The highest BCUT2D eigenvalue weighted by Crippen LogP contribution is 2.37. The van der Waals surface area contributed by atoms with Crippen LogP contribution in [-0.2, 0) is 16.6 Å². The molecule has 20 heteroatoms. The summed E-state index contributed by atoms with van der Waals surface area (Å²) in [6.07, 6.45) is 5.47. The number of carbonyl (C=O) groups is 6. The highest BCUT2D eigenvalue weighted by Gasteiger charge is 2.44. The minimum absolute atomic E-state index is 0.0415. The Balaban J connectivity index is 0.880. The van der Waals surface area contributed by atoms with Crippen molar-refractivity contribution < 1.29 is 33.5 Å². The molecule has 0 spiro atoms. The zero-order valence-electron chi connectivity index (χ0n) is 32.9. The van der Waals surface area contributed by atoms with E-state index in [4.69, 9.17) is 4.74 Å². The largest absolute Gasteiger partial charge is 0.494 e. The van der Waals surface area contributed by atoms with Gasteiger partial charge in [-0.25, -0.2) is 9.97 Å². The van der Waals surface area contributed by atoms with E-state index < -0.39 is 35.6 Å². The minimum atomic E-state index is -1.02. The predicted molar refractivity (Wildman–Crippen MR) is 217 cm³/mol. The van der Waals surface area contributed by atoms with Gasteiger partial charge in [0, 0.05) is 51.6 Å². The molecule has 7 rings (SSSR count). The molecule has 6 amide bonds. The molecule has 0 radical (unpaired) electrons. The van der Waals surface area contributed by atoms with E-state index in [0.29, 0.717) is 58.7 Å². The zero-order valence-corrected chi connectivity index (χ0v) is 32.9. The lowest BCUT2D eigenvalue weighted by atomic mass is 10.0. The number of benzene rings is 2. The highest BCUT2D eigenvalue weighted by molar-refractivity contribution is 6.23. The van der Waals surface area contributed by atoms with E-state index >= 15 is 0 Å². The summed E-state index contributed by atoms with van der Waals surface area (Å²) in [6, 6.07) is 14.1. The van der Waals surface area contributed by atoms with Crippen molar-refractivity contribution in [3.63, 3.8) is 0 Å². The number of imide groups is 2. The molecule has 1 fully saturated rings. The van der Waals surface area contributed by atoms with Gasteiger partial charge in [-0.05, 0) is 68.1 Å². The second-order valence-electron chi connectivity index (χ2n) is 13.8. The van der Waals surface area contributed by atoms with Crippen molar-refractivity contribution in [3.05, 3.63) is 89.5 Å². The van der Waals surface area contributed by atoms with Gasteiger partial charge in [-0.3, -0.25) is 43.7 Å². The van der Waals surface area contributed by atoms with Gasteiger partial charge in [-0.2, -0.15) is 5.10 Å². The molecular weight excluding hydrogens is 775 g/mol. The number of aromatic nitrogens is 6. The lowest BCUT2D eigenvalue weighted by molar-refractivity contribution is -0.136. The molecule has 0 saturated carbocycles. The zero-order chi connectivity index (χ0) is 42.3. The van der Waals surface area contributed by atoms with Gasteiger partial charge in [-0.1, -0.05) is 6.07 Å². The Morgan fingerprint density at radius 1 is 0.850 bits per heavy atom. The van der Waals surface area contributed by atoms with Crippen LogP contribution in [-0.4, -0.2) is 104 Å². The van der Waals surface area contributed by atoms with E-state index in [9.17, 15) is 28.8 Å². The first-order valence-electron chi connectivity index (χ1n) is 19.0. The summed E-state index contributed by atoms with van der Waals surface area (Å²) in [5.41, 5.74) is 3.00. The molecule has 20 nitrogen and oxygen atoms in total. The predicted octanol–water partition coefficient (Wildman–Crippen LogP) is 2.94. The number of nitrogens with zero attached hydrogens (tertiary/aromatic N) is 7. The Hall–Kier alpha value is -7.77. The maximum Gasteiger partial charge on any atom is 0.273 e. The molecule has 1 unspecified atom stereocenters. The second kappa shape index (κ2) is 17.8. The summed E-state index contributed by atoms with van der Waals surface area (Å²) < 4.78 is 7.30. The lowest BCUT2D eigenvalue weighted by Crippen LogP contribution is -2.54. The number of para-hydroxylation sites is 1. The van der Waals surface area contributed by atoms with E-state index in [1.54, 1.807) is 60.5 Å². The van der Waals surface area contributed by atoms with Crippen molar-refractivity contribution in [3.8, 4) is 17.1 Å². The van der Waals surface area contributed by atoms with E-state index in [2.05, 4.69) is 57.2 Å². The molecule has 2 aliphatic rings. The van der Waals surface area contributed by atoms with Crippen molar-refractivity contribution in [1.82, 2.24) is 50.8 Å². The van der Waals surface area contributed by atoms with Crippen molar-refractivity contribution in [2.45, 2.75) is 38.1 Å². The highest BCUT2D eigenvalue weighted by atomic mass is 16.5. The van der Waals surface area contributed by atoms with Gasteiger partial charge in [0.05, 0.1) is 40.7 Å². The van der Waals surface area contributed by atoms with Gasteiger partial charge in [0.15, 0.2) is 23.1 Å². The first kappa shape index (κ1) is 40.4. The third-order valence-electron chi connectivity index (χ3n) is 9.75. The average molecular weight is 816 g/mol. The minimum Gasteiger partial charge on any atom is -0.494 e. The Labute approximate surface area is 342 Å². The number of nitrogens with one attached hydrogen (secondary N) is 6. The number of methoxy groups -OCH3 is 1. The SMILES string of the molecule is CNC(=O)c1nnc(Nc2ccc(C(=O)NCCCCCNc3ccc4c(c3)C(=O)N(C3CCC(=O)NC3=O)C4=O)cn2)cc1Nc1cccc(-c2ncn(C)n2)c1OC. The number of rotatable bonds is 16. The Bertz CT molecular complexity index is 2490. The Morgan fingerprint density at radius 2 is 1.67 bits per heavy atom. The monoisotopic (exact) mass is 815 g/mol. The summed E-state index contributed by atoms with van der Waals surface area (Å²) >= 11 is 0. The molecular formula is C40H41N13O7. The number of hydrogen-bond acceptors (Lipinski definition) is 15. The van der Waals surface area contributed by atoms with Crippen LogP contribution >= 0.6 is 0 Å². The summed E-state index contributed by atoms with van der Waals surface area (Å²) in [7, 11) is 4.78. The van der Waals surface area contributed by atoms with Gasteiger partial charge < -0.3 is 31.3 Å². The van der Waals surface area contributed by atoms with Gasteiger partial charge in [0.1, 0.15) is 18.2 Å². The maximum atomic E-state index is 13.1. The van der Waals surface area contributed by atoms with Crippen LogP contribution < -0.4 is 36.6 Å². The van der Waals surface area contributed by atoms with E-state index in [1.807, 2.05) is 12.1 Å². The second-order valence-corrected chi connectivity index (χ2v) is 13.8. The number of ether oxygens (including phenoxy) is 1. The Kier molecular flexibility index (Phi) is 12.0. The molecule has 60 heavy (non-hydrogen) atoms. The third kappa shape index (κ3) is 8.71. The normalized spacial score (nSPS) is 14.7. The molecule has 6 N–H and O–H groups in total. The van der Waals surface area contributed by atoms with Crippen molar-refractivity contribution in [2.24, 2.45) is 7.05 Å². The molecule has 0 aliphatic carbocycles. The van der Waals surface area contributed by atoms with Crippen LogP contribution in [0.15, 0.2) is 67.1 Å². The average Bonchev–Trinajstić information content (AvgIpc) is 3.79. The third-order valence-corrected chi connectivity index (χ3v) is 9.75. The number of fused-ring (bicyclic) bond motifs is 1. The number of piperidine rings is 1. The molecule has 2 aliphatic heterocycles. The number of anilines is 5. The van der Waals surface area contributed by atoms with E-state index in [1.165, 1.54) is 20.4 Å². The summed E-state index contributed by atoms with van der Waals surface area (Å²) in [5.74, 6) is -1.34. The van der Waals surface area contributed by atoms with Crippen molar-refractivity contribution in [1.29, 1.82) is 0 Å². The number of pyridine rings is 1. The smallest absolute Gasteiger partial charge is 0.273 e. The number of amides is 6. The van der Waals surface area contributed by atoms with Gasteiger partial charge in [-0.15, -0.1) is 10.2 Å². The lowest BCUT2D eigenvalue weighted by Gasteiger charge is -2.27. The van der Waals surface area contributed by atoms with Gasteiger partial charge in [0.25, 0.3) is 23.6 Å². The van der Waals surface area contributed by atoms with Crippen LogP contribution in [0.2, 0.25) is 0 Å². The summed E-state index contributed by atoms with van der Waals surface area (Å²) in [5, 5.41) is 29.9. The molecule has 1 saturated heterocycles. The Morgan fingerprint density at radius 3 is 2.40 bits per heavy atom. The standard InChI is InChI=1S/C40H41N13O7/c1-41-38(57)33-28(46-27-9-7-8-25(34(27)60-3)35-45-21-52(2)51-35)19-31(49-50-33)47-30-14-10-22(20-44-30)36(55)43-17-6-4-5-16-42-23-11-12-24-26(18-23)40(59)53(39(24)58)29-13-15-32(54)48-37(29)56/h7-12,14,18-21,29,42H,4-6,13,15-17H2,1-3H3,(H,41,57)(H,43,55)(H,48,54,56)(H2,44,46,47,49). The van der Waals surface area contributed by atoms with Crippen LogP contribution in [0, 0.1) is 0 Å². The van der Waals surface area contributed by atoms with Crippen molar-refractivity contribution >= 4 is 64.1 Å². The number of carbonyl (C=O) groups excluding carboxylic acids is 6. The topological polar surface area (TPSA) is 256 Å². The fraction of sp³-hybridized carbons (Fsp3) is 0.275. The molecule has 3 aromatic heterocycles. The van der Waals surface area contributed by atoms with Gasteiger partial charge >= 0.3 is 0 Å². The van der Waals surface area contributed by atoms with Gasteiger partial charge in [0.2, 0.25) is 11.8 Å². The van der Waals surface area contributed by atoms with Crippen molar-refractivity contribution in [2.75, 3.05) is 43.2 Å². The van der Waals surface area contributed by atoms with Crippen LogP contribution in [0.4, 0.5) is 28.7 Å². The first-order valence-corrected chi connectivity index (χ1v) is 19.0. The van der Waals surface area contributed by atoms with E-state index in [0.717, 1.165) is 24.2 Å². The molecule has 5 aromatic rings. The molecule has 0 bridgehead atoms. The van der Waals surface area contributed by atoms with Crippen LogP contribution in [0.25, 0.3) is 11.4 Å². The fourth-order valence-corrected chi connectivity index (χ4v) is 6.75. The summed E-state index contributed by atoms with van der Waals surface area (Å²) in [4.78, 5) is 85.1. The number of unbranched alkanes of at least 4 members (excludes halogenated alkanes) is 2. The number of hydrogen-bond donors (Lipinski definition) is 6. The molecule has 2 aromatic carbocycles. The van der Waals surface area contributed by atoms with E-state index in [-0.39, 0.29) is 41.4 Å². The summed E-state index contributed by atoms with van der Waals surface area (Å²) in [6.45, 7) is 1.03. The number of aryl methyl sites for hydroxylation is 1. The fourth-order valence-electron chi connectivity index (χ4n) is 6.75. The first-order chi connectivity index (χ1) is 29.0.